The first-order valence-electron chi connectivity index (χ1n) is 10.2. The number of hydrogen-bond donors (Lipinski definition) is 0. The average molecular weight is 429 g/mol. The number of ether oxygens (including phenoxy) is 1. The van der Waals surface area contributed by atoms with Crippen LogP contribution in [0, 0.1) is 0 Å². The van der Waals surface area contributed by atoms with Gasteiger partial charge in [0.05, 0.1) is 10.6 Å². The van der Waals surface area contributed by atoms with Gasteiger partial charge in [0.25, 0.3) is 5.91 Å². The Morgan fingerprint density at radius 1 is 0.935 bits per heavy atom. The minimum absolute atomic E-state index is 0.0432. The van der Waals surface area contributed by atoms with Gasteiger partial charge in [0, 0.05) is 7.05 Å². The Balaban J connectivity index is 1.44. The third kappa shape index (κ3) is 5.25. The highest BCUT2D eigenvalue weighted by atomic mass is 32.2. The lowest BCUT2D eigenvalue weighted by Crippen LogP contribution is -2.23. The monoisotopic (exact) mass is 428 g/mol. The van der Waals surface area contributed by atoms with Crippen LogP contribution in [-0.4, -0.2) is 23.0 Å². The predicted octanol–water partition coefficient (Wildman–Crippen LogP) is 6.06. The van der Waals surface area contributed by atoms with Crippen molar-refractivity contribution in [3.8, 4) is 5.75 Å². The standard InChI is InChI=1S/C26H24N2O2S/c1-3-19-9-13-22(14-10-19)27-26-28(2)25(29)24(31-26)17-20-11-15-23(16-12-20)30-18-21-7-5-4-6-8-21/h4-17H,3,18H2,1-2H3/b24-17-,27-26?. The summed E-state index contributed by atoms with van der Waals surface area (Å²) in [5.41, 5.74) is 4.19. The van der Waals surface area contributed by atoms with Crippen LogP contribution in [-0.2, 0) is 17.8 Å². The zero-order valence-corrected chi connectivity index (χ0v) is 18.4. The van der Waals surface area contributed by atoms with Crippen LogP contribution in [0.5, 0.6) is 5.75 Å². The van der Waals surface area contributed by atoms with Crippen molar-refractivity contribution in [2.45, 2.75) is 20.0 Å². The van der Waals surface area contributed by atoms with Gasteiger partial charge in [0.15, 0.2) is 5.17 Å². The molecule has 0 unspecified atom stereocenters. The summed E-state index contributed by atoms with van der Waals surface area (Å²) in [6.07, 6.45) is 2.89. The van der Waals surface area contributed by atoms with E-state index in [-0.39, 0.29) is 5.91 Å². The highest BCUT2D eigenvalue weighted by Gasteiger charge is 2.30. The number of nitrogens with zero attached hydrogens (tertiary/aromatic N) is 2. The topological polar surface area (TPSA) is 41.9 Å². The molecule has 1 heterocycles. The Bertz CT molecular complexity index is 1100. The quantitative estimate of drug-likeness (QED) is 0.448. The molecule has 31 heavy (non-hydrogen) atoms. The van der Waals surface area contributed by atoms with Gasteiger partial charge >= 0.3 is 0 Å². The molecular weight excluding hydrogens is 404 g/mol. The van der Waals surface area contributed by atoms with E-state index in [0.717, 1.165) is 29.0 Å². The third-order valence-electron chi connectivity index (χ3n) is 5.00. The molecule has 0 N–H and O–H groups in total. The molecule has 0 saturated carbocycles. The number of carbonyl (C=O) groups is 1. The molecule has 3 aromatic rings. The van der Waals surface area contributed by atoms with Gasteiger partial charge in [-0.25, -0.2) is 4.99 Å². The highest BCUT2D eigenvalue weighted by Crippen LogP contribution is 2.33. The molecule has 0 bridgehead atoms. The summed E-state index contributed by atoms with van der Waals surface area (Å²) in [6.45, 7) is 2.65. The Morgan fingerprint density at radius 2 is 1.65 bits per heavy atom. The summed E-state index contributed by atoms with van der Waals surface area (Å²) in [5, 5.41) is 0.684. The summed E-state index contributed by atoms with van der Waals surface area (Å²) in [5.74, 6) is 0.754. The normalized spacial score (nSPS) is 16.3. The van der Waals surface area contributed by atoms with Gasteiger partial charge in [0.1, 0.15) is 12.4 Å². The lowest BCUT2D eigenvalue weighted by atomic mass is 10.2. The lowest BCUT2D eigenvalue weighted by Gasteiger charge is -2.07. The second-order valence-corrected chi connectivity index (χ2v) is 8.24. The van der Waals surface area contributed by atoms with Crippen LogP contribution in [0.1, 0.15) is 23.6 Å². The summed E-state index contributed by atoms with van der Waals surface area (Å²) in [7, 11) is 1.76. The number of amides is 1. The Morgan fingerprint density at radius 3 is 2.32 bits per heavy atom. The van der Waals surface area contributed by atoms with Crippen molar-refractivity contribution < 1.29 is 9.53 Å². The largest absolute Gasteiger partial charge is 0.489 e. The number of hydrogen-bond acceptors (Lipinski definition) is 4. The molecule has 1 aliphatic heterocycles. The molecule has 5 heteroatoms. The van der Waals surface area contributed by atoms with Gasteiger partial charge in [0.2, 0.25) is 0 Å². The lowest BCUT2D eigenvalue weighted by molar-refractivity contribution is -0.121. The minimum Gasteiger partial charge on any atom is -0.489 e. The summed E-state index contributed by atoms with van der Waals surface area (Å²) >= 11 is 1.39. The molecule has 0 aromatic heterocycles. The Hall–Kier alpha value is -3.31. The summed E-state index contributed by atoms with van der Waals surface area (Å²) < 4.78 is 5.83. The van der Waals surface area contributed by atoms with E-state index >= 15 is 0 Å². The first kappa shape index (κ1) is 20.9. The number of carbonyl (C=O) groups excluding carboxylic acids is 1. The Kier molecular flexibility index (Phi) is 6.53. The smallest absolute Gasteiger partial charge is 0.266 e. The molecule has 1 saturated heterocycles. The number of amidine groups is 1. The fourth-order valence-electron chi connectivity index (χ4n) is 3.12. The van der Waals surface area contributed by atoms with Crippen molar-refractivity contribution in [3.63, 3.8) is 0 Å². The van der Waals surface area contributed by atoms with Crippen molar-refractivity contribution in [1.29, 1.82) is 0 Å². The molecule has 1 aliphatic rings. The van der Waals surface area contributed by atoms with Crippen molar-refractivity contribution in [3.05, 3.63) is 100 Å². The van der Waals surface area contributed by atoms with Crippen molar-refractivity contribution >= 4 is 34.6 Å². The van der Waals surface area contributed by atoms with Crippen LogP contribution in [0.15, 0.2) is 88.8 Å². The van der Waals surface area contributed by atoms with E-state index in [0.29, 0.717) is 16.7 Å². The number of likely N-dealkylation sites (N-methyl/N-ethyl adjacent to an activating group) is 1. The van der Waals surface area contributed by atoms with Crippen LogP contribution < -0.4 is 4.74 Å². The van der Waals surface area contributed by atoms with E-state index in [1.165, 1.54) is 17.3 Å². The van der Waals surface area contributed by atoms with Gasteiger partial charge < -0.3 is 4.74 Å². The number of rotatable bonds is 6. The number of thioether (sulfide) groups is 1. The predicted molar refractivity (Wildman–Crippen MR) is 128 cm³/mol. The zero-order valence-electron chi connectivity index (χ0n) is 17.6. The molecule has 4 rings (SSSR count). The molecule has 1 amide bonds. The number of aryl methyl sites for hydroxylation is 1. The van der Waals surface area contributed by atoms with E-state index in [1.807, 2.05) is 72.8 Å². The summed E-state index contributed by atoms with van der Waals surface area (Å²) in [6, 6.07) is 25.9. The molecule has 4 nitrogen and oxygen atoms in total. The van der Waals surface area contributed by atoms with Gasteiger partial charge in [-0.05, 0) is 65.2 Å². The number of benzene rings is 3. The van der Waals surface area contributed by atoms with E-state index in [2.05, 4.69) is 24.0 Å². The zero-order chi connectivity index (χ0) is 21.6. The Labute approximate surface area is 187 Å². The first-order valence-corrected chi connectivity index (χ1v) is 11.1. The first-order chi connectivity index (χ1) is 15.1. The fraction of sp³-hybridized carbons (Fsp3) is 0.154. The fourth-order valence-corrected chi connectivity index (χ4v) is 4.11. The second kappa shape index (κ2) is 9.67. The van der Waals surface area contributed by atoms with Crippen LogP contribution in [0.3, 0.4) is 0 Å². The minimum atomic E-state index is -0.0432. The maximum Gasteiger partial charge on any atom is 0.266 e. The van der Waals surface area contributed by atoms with Gasteiger partial charge in [-0.15, -0.1) is 0 Å². The van der Waals surface area contributed by atoms with Crippen LogP contribution in [0.2, 0.25) is 0 Å². The molecule has 0 aliphatic carbocycles. The molecule has 0 radical (unpaired) electrons. The van der Waals surface area contributed by atoms with Gasteiger partial charge in [-0.1, -0.05) is 61.5 Å². The molecule has 156 valence electrons. The van der Waals surface area contributed by atoms with Crippen molar-refractivity contribution in [1.82, 2.24) is 4.90 Å². The van der Waals surface area contributed by atoms with E-state index < -0.39 is 0 Å². The number of aliphatic imine (C=N–C) groups is 1. The maximum absolute atomic E-state index is 12.7. The van der Waals surface area contributed by atoms with E-state index in [4.69, 9.17) is 4.74 Å². The maximum atomic E-state index is 12.7. The van der Waals surface area contributed by atoms with Gasteiger partial charge in [-0.2, -0.15) is 0 Å². The van der Waals surface area contributed by atoms with E-state index in [9.17, 15) is 4.79 Å². The molecular formula is C26H24N2O2S. The molecule has 0 atom stereocenters. The van der Waals surface area contributed by atoms with Crippen molar-refractivity contribution in [2.75, 3.05) is 7.05 Å². The van der Waals surface area contributed by atoms with Crippen LogP contribution in [0.25, 0.3) is 6.08 Å². The third-order valence-corrected chi connectivity index (χ3v) is 6.06. The molecule has 0 spiro atoms. The summed E-state index contributed by atoms with van der Waals surface area (Å²) in [4.78, 5) is 19.6. The highest BCUT2D eigenvalue weighted by molar-refractivity contribution is 8.18. The molecule has 1 fully saturated rings. The molecule has 3 aromatic carbocycles. The SMILES string of the molecule is CCc1ccc(N=C2S/C(=C\c3ccc(OCc4ccccc4)cc3)C(=O)N2C)cc1. The second-order valence-electron chi connectivity index (χ2n) is 7.23. The van der Waals surface area contributed by atoms with Crippen LogP contribution >= 0.6 is 11.8 Å². The van der Waals surface area contributed by atoms with Crippen molar-refractivity contribution in [2.24, 2.45) is 4.99 Å². The van der Waals surface area contributed by atoms with E-state index in [1.54, 1.807) is 11.9 Å². The average Bonchev–Trinajstić information content (AvgIpc) is 3.07. The van der Waals surface area contributed by atoms with Gasteiger partial charge in [-0.3, -0.25) is 9.69 Å². The van der Waals surface area contributed by atoms with Crippen LogP contribution in [0.4, 0.5) is 5.69 Å².